The van der Waals surface area contributed by atoms with Crippen LogP contribution in [0.5, 0.6) is 0 Å². The summed E-state index contributed by atoms with van der Waals surface area (Å²) in [7, 11) is 2.00. The molecule has 0 spiro atoms. The Morgan fingerprint density at radius 1 is 1.19 bits per heavy atom. The Bertz CT molecular complexity index is 1210. The monoisotopic (exact) mass is 416 g/mol. The zero-order chi connectivity index (χ0) is 21.5. The third-order valence-electron chi connectivity index (χ3n) is 6.21. The van der Waals surface area contributed by atoms with Crippen LogP contribution in [0.15, 0.2) is 48.7 Å². The quantitative estimate of drug-likeness (QED) is 0.685. The fourth-order valence-corrected chi connectivity index (χ4v) is 4.66. The Morgan fingerprint density at radius 2 is 2.03 bits per heavy atom. The van der Waals surface area contributed by atoms with Crippen molar-refractivity contribution < 1.29 is 14.4 Å². The van der Waals surface area contributed by atoms with Crippen molar-refractivity contribution in [2.75, 3.05) is 17.2 Å². The lowest BCUT2D eigenvalue weighted by Crippen LogP contribution is -2.40. The maximum atomic E-state index is 13.0. The van der Waals surface area contributed by atoms with E-state index in [9.17, 15) is 14.4 Å². The van der Waals surface area contributed by atoms with Gasteiger partial charge in [0, 0.05) is 42.8 Å². The van der Waals surface area contributed by atoms with Crippen molar-refractivity contribution in [1.82, 2.24) is 9.47 Å². The number of para-hydroxylation sites is 1. The van der Waals surface area contributed by atoms with Gasteiger partial charge in [0.15, 0.2) is 0 Å². The molecule has 2 aromatic carbocycles. The maximum absolute atomic E-state index is 13.0. The predicted molar refractivity (Wildman–Crippen MR) is 119 cm³/mol. The van der Waals surface area contributed by atoms with Gasteiger partial charge in [-0.1, -0.05) is 18.2 Å². The number of benzene rings is 2. The van der Waals surface area contributed by atoms with Crippen LogP contribution >= 0.6 is 0 Å². The molecule has 2 aliphatic heterocycles. The smallest absolute Gasteiger partial charge is 0.256 e. The van der Waals surface area contributed by atoms with Gasteiger partial charge in [0.05, 0.1) is 11.3 Å². The summed E-state index contributed by atoms with van der Waals surface area (Å²) in [4.78, 5) is 39.6. The van der Waals surface area contributed by atoms with E-state index >= 15 is 0 Å². The molecule has 0 bridgehead atoms. The summed E-state index contributed by atoms with van der Waals surface area (Å²) >= 11 is 0. The van der Waals surface area contributed by atoms with E-state index in [2.05, 4.69) is 33.5 Å². The van der Waals surface area contributed by atoms with Gasteiger partial charge in [0.1, 0.15) is 6.04 Å². The highest BCUT2D eigenvalue weighted by molar-refractivity contribution is 6.11. The van der Waals surface area contributed by atoms with E-state index in [4.69, 9.17) is 0 Å². The zero-order valence-corrected chi connectivity index (χ0v) is 17.4. The lowest BCUT2D eigenvalue weighted by Gasteiger charge is -2.20. The topological polar surface area (TPSA) is 83.4 Å². The molecule has 7 heteroatoms. The third kappa shape index (κ3) is 3.46. The number of nitrogens with zero attached hydrogens (tertiary/aromatic N) is 2. The van der Waals surface area contributed by atoms with Gasteiger partial charge >= 0.3 is 0 Å². The molecule has 3 amide bonds. The largest absolute Gasteiger partial charge is 0.350 e. The van der Waals surface area contributed by atoms with Crippen LogP contribution in [0.2, 0.25) is 0 Å². The van der Waals surface area contributed by atoms with Gasteiger partial charge in [-0.3, -0.25) is 14.4 Å². The molecule has 1 saturated heterocycles. The first kappa shape index (κ1) is 19.4. The Kier molecular flexibility index (Phi) is 4.73. The number of amides is 3. The summed E-state index contributed by atoms with van der Waals surface area (Å²) < 4.78 is 2.07. The Morgan fingerprint density at radius 3 is 2.90 bits per heavy atom. The lowest BCUT2D eigenvalue weighted by atomic mass is 10.1. The lowest BCUT2D eigenvalue weighted by molar-refractivity contribution is -0.119. The number of carbonyl (C=O) groups excluding carboxylic acids is 3. The average Bonchev–Trinajstić information content (AvgIpc) is 3.36. The Hall–Kier alpha value is -3.61. The highest BCUT2D eigenvalue weighted by Crippen LogP contribution is 2.30. The molecular weight excluding hydrogens is 392 g/mol. The number of carbonyl (C=O) groups is 3. The van der Waals surface area contributed by atoms with Crippen LogP contribution in [-0.4, -0.2) is 39.8 Å². The molecule has 1 fully saturated rings. The van der Waals surface area contributed by atoms with Crippen molar-refractivity contribution in [3.63, 3.8) is 0 Å². The Labute approximate surface area is 180 Å². The maximum Gasteiger partial charge on any atom is 0.256 e. The number of hydrogen-bond donors (Lipinski definition) is 2. The number of aryl methyl sites for hydroxylation is 2. The second-order valence-corrected chi connectivity index (χ2v) is 8.24. The van der Waals surface area contributed by atoms with Crippen LogP contribution in [-0.2, 0) is 23.1 Å². The molecule has 31 heavy (non-hydrogen) atoms. The van der Waals surface area contributed by atoms with Gasteiger partial charge in [-0.25, -0.2) is 0 Å². The Balaban J connectivity index is 1.30. The molecule has 2 N–H and O–H groups in total. The molecule has 0 radical (unpaired) electrons. The van der Waals surface area contributed by atoms with Gasteiger partial charge in [0.25, 0.3) is 5.91 Å². The predicted octanol–water partition coefficient (Wildman–Crippen LogP) is 3.31. The summed E-state index contributed by atoms with van der Waals surface area (Å²) in [6, 6.07) is 12.8. The van der Waals surface area contributed by atoms with E-state index in [-0.39, 0.29) is 17.7 Å². The van der Waals surface area contributed by atoms with Gasteiger partial charge in [-0.15, -0.1) is 0 Å². The molecule has 1 atom stereocenters. The molecule has 3 heterocycles. The fraction of sp³-hybridized carbons (Fsp3) is 0.292. The first-order chi connectivity index (χ1) is 15.0. The van der Waals surface area contributed by atoms with E-state index < -0.39 is 6.04 Å². The highest BCUT2D eigenvalue weighted by atomic mass is 16.2. The molecular formula is C24H24N4O3. The van der Waals surface area contributed by atoms with Gasteiger partial charge in [0.2, 0.25) is 11.8 Å². The molecule has 7 nitrogen and oxygen atoms in total. The number of hydrogen-bond acceptors (Lipinski definition) is 3. The number of fused-ring (bicyclic) bond motifs is 3. The van der Waals surface area contributed by atoms with Crippen LogP contribution in [0.25, 0.3) is 10.9 Å². The van der Waals surface area contributed by atoms with Crippen molar-refractivity contribution >= 4 is 40.0 Å². The normalized spacial score (nSPS) is 17.8. The summed E-state index contributed by atoms with van der Waals surface area (Å²) in [6.07, 6.45) is 4.54. The van der Waals surface area contributed by atoms with E-state index in [0.717, 1.165) is 22.9 Å². The van der Waals surface area contributed by atoms with E-state index in [1.54, 1.807) is 23.1 Å². The molecule has 2 aliphatic rings. The first-order valence-electron chi connectivity index (χ1n) is 10.6. The highest BCUT2D eigenvalue weighted by Gasteiger charge is 2.38. The van der Waals surface area contributed by atoms with Crippen LogP contribution < -0.4 is 10.6 Å². The van der Waals surface area contributed by atoms with Crippen molar-refractivity contribution in [2.24, 2.45) is 7.05 Å². The van der Waals surface area contributed by atoms with Crippen LogP contribution in [0.4, 0.5) is 11.4 Å². The molecule has 158 valence electrons. The summed E-state index contributed by atoms with van der Waals surface area (Å²) in [5, 5.41) is 6.91. The summed E-state index contributed by atoms with van der Waals surface area (Å²) in [5.41, 5.74) is 3.75. The first-order valence-corrected chi connectivity index (χ1v) is 10.6. The minimum absolute atomic E-state index is 0.114. The molecule has 3 aromatic rings. The number of aromatic nitrogens is 1. The molecule has 0 saturated carbocycles. The van der Waals surface area contributed by atoms with Crippen molar-refractivity contribution in [2.45, 2.75) is 31.7 Å². The van der Waals surface area contributed by atoms with Crippen molar-refractivity contribution in [3.05, 3.63) is 59.8 Å². The zero-order valence-electron chi connectivity index (χ0n) is 17.4. The fourth-order valence-electron chi connectivity index (χ4n) is 4.66. The SMILES string of the molecule is Cn1cc(CCC(=O)Nc2ccc3c(c2)C(=O)N2CCC[C@@H]2C(=O)N3)c2ccccc21. The average molecular weight is 416 g/mol. The standard InChI is InChI=1S/C24H24N4O3/c1-27-14-15(17-5-2-3-6-20(17)27)8-11-22(29)25-16-9-10-19-18(13-16)24(31)28-12-4-7-21(28)23(30)26-19/h2-3,5-6,9-10,13-14,21H,4,7-8,11-12H2,1H3,(H,25,29)(H,26,30)/t21-/m1/s1. The number of nitrogens with one attached hydrogen (secondary N) is 2. The van der Waals surface area contributed by atoms with E-state index in [1.807, 2.05) is 19.2 Å². The summed E-state index contributed by atoms with van der Waals surface area (Å²) in [6.45, 7) is 0.581. The molecule has 5 rings (SSSR count). The minimum Gasteiger partial charge on any atom is -0.350 e. The third-order valence-corrected chi connectivity index (χ3v) is 6.21. The van der Waals surface area contributed by atoms with Gasteiger partial charge in [-0.05, 0) is 49.1 Å². The minimum atomic E-state index is -0.404. The van der Waals surface area contributed by atoms with Crippen molar-refractivity contribution in [1.29, 1.82) is 0 Å². The van der Waals surface area contributed by atoms with E-state index in [1.165, 1.54) is 0 Å². The molecule has 0 unspecified atom stereocenters. The number of anilines is 2. The van der Waals surface area contributed by atoms with Crippen LogP contribution in [0.1, 0.15) is 35.2 Å². The number of rotatable bonds is 4. The van der Waals surface area contributed by atoms with Crippen LogP contribution in [0.3, 0.4) is 0 Å². The van der Waals surface area contributed by atoms with Gasteiger partial charge < -0.3 is 20.1 Å². The van der Waals surface area contributed by atoms with Gasteiger partial charge in [-0.2, -0.15) is 0 Å². The molecule has 1 aromatic heterocycles. The second kappa shape index (κ2) is 7.58. The van der Waals surface area contributed by atoms with E-state index in [0.29, 0.717) is 42.7 Å². The van der Waals surface area contributed by atoms with Crippen LogP contribution in [0, 0.1) is 0 Å². The second-order valence-electron chi connectivity index (χ2n) is 8.24. The summed E-state index contributed by atoms with van der Waals surface area (Å²) in [5.74, 6) is -0.420. The van der Waals surface area contributed by atoms with Crippen molar-refractivity contribution in [3.8, 4) is 0 Å². The molecule has 0 aliphatic carbocycles.